The first kappa shape index (κ1) is 24.1. The van der Waals surface area contributed by atoms with Crippen LogP contribution in [0.4, 0.5) is 5.69 Å². The van der Waals surface area contributed by atoms with Crippen LogP contribution in [0.5, 0.6) is 11.5 Å². The first-order valence-corrected chi connectivity index (χ1v) is 12.7. The van der Waals surface area contributed by atoms with Crippen LogP contribution in [0, 0.1) is 11.3 Å². The summed E-state index contributed by atoms with van der Waals surface area (Å²) in [7, 11) is 0. The molecule has 3 aromatic carbocycles. The van der Waals surface area contributed by atoms with Crippen molar-refractivity contribution in [3.05, 3.63) is 71.3 Å². The molecule has 1 aliphatic carbocycles. The van der Waals surface area contributed by atoms with Gasteiger partial charge in [-0.05, 0) is 58.9 Å². The van der Waals surface area contributed by atoms with Crippen LogP contribution in [0.1, 0.15) is 64.6 Å². The predicted octanol–water partition coefficient (Wildman–Crippen LogP) is 7.11. The van der Waals surface area contributed by atoms with Gasteiger partial charge in [-0.2, -0.15) is 0 Å². The van der Waals surface area contributed by atoms with Crippen LogP contribution in [0.25, 0.3) is 16.3 Å². The van der Waals surface area contributed by atoms with Crippen LogP contribution in [0.3, 0.4) is 0 Å². The van der Waals surface area contributed by atoms with Gasteiger partial charge in [0.05, 0.1) is 18.6 Å². The third-order valence-corrected chi connectivity index (χ3v) is 7.02. The van der Waals surface area contributed by atoms with Crippen molar-refractivity contribution in [3.8, 4) is 11.5 Å². The molecule has 0 aromatic heterocycles. The fraction of sp³-hybridized carbons (Fsp3) is 0.355. The Morgan fingerprint density at radius 2 is 1.83 bits per heavy atom. The van der Waals surface area contributed by atoms with E-state index in [1.165, 1.54) is 0 Å². The maximum atomic E-state index is 13.7. The summed E-state index contributed by atoms with van der Waals surface area (Å²) in [6, 6.07) is 17.9. The van der Waals surface area contributed by atoms with Crippen molar-refractivity contribution in [1.82, 2.24) is 0 Å². The molecule has 1 atom stereocenters. The van der Waals surface area contributed by atoms with Gasteiger partial charge in [-0.15, -0.1) is 0 Å². The highest BCUT2D eigenvalue weighted by Gasteiger charge is 2.41. The summed E-state index contributed by atoms with van der Waals surface area (Å²) in [5, 5.41) is 5.99. The number of carbonyl (C=O) groups excluding carboxylic acids is 2. The molecule has 186 valence electrons. The van der Waals surface area contributed by atoms with Crippen molar-refractivity contribution < 1.29 is 19.1 Å². The Morgan fingerprint density at radius 3 is 2.58 bits per heavy atom. The number of ketones is 1. The number of fused-ring (bicyclic) bond motifs is 4. The van der Waals surface area contributed by atoms with E-state index in [2.05, 4.69) is 49.5 Å². The zero-order chi connectivity index (χ0) is 25.6. The molecule has 1 aliphatic heterocycles. The van der Waals surface area contributed by atoms with Gasteiger partial charge in [0.25, 0.3) is 0 Å². The van der Waals surface area contributed by atoms with E-state index in [-0.39, 0.29) is 29.1 Å². The summed E-state index contributed by atoms with van der Waals surface area (Å²) in [6.07, 6.45) is 1.34. The molecule has 1 heterocycles. The minimum Gasteiger partial charge on any atom is -0.490 e. The van der Waals surface area contributed by atoms with Gasteiger partial charge in [-0.1, -0.05) is 64.1 Å². The summed E-state index contributed by atoms with van der Waals surface area (Å²) >= 11 is 0. The van der Waals surface area contributed by atoms with E-state index >= 15 is 0 Å². The predicted molar refractivity (Wildman–Crippen MR) is 143 cm³/mol. The molecule has 0 saturated carbocycles. The van der Waals surface area contributed by atoms with Crippen LogP contribution in [0.2, 0.25) is 0 Å². The minimum absolute atomic E-state index is 0.114. The van der Waals surface area contributed by atoms with Crippen LogP contribution in [-0.2, 0) is 9.59 Å². The number of benzene rings is 3. The lowest BCUT2D eigenvalue weighted by molar-refractivity contribution is -0.137. The number of hydrogen-bond acceptors (Lipinski definition) is 5. The Morgan fingerprint density at radius 1 is 1.06 bits per heavy atom. The Bertz CT molecular complexity index is 1400. The molecule has 1 unspecified atom stereocenters. The topological polar surface area (TPSA) is 64.6 Å². The molecule has 5 rings (SSSR count). The number of esters is 1. The molecule has 3 aromatic rings. The molecular formula is C31H33NO4. The van der Waals surface area contributed by atoms with Gasteiger partial charge in [0.2, 0.25) is 0 Å². The summed E-state index contributed by atoms with van der Waals surface area (Å²) in [5.41, 5.74) is 4.90. The smallest absolute Gasteiger partial charge is 0.313 e. The third-order valence-electron chi connectivity index (χ3n) is 7.02. The number of allylic oxidation sites excluding steroid dienone is 1. The third kappa shape index (κ3) is 4.27. The fourth-order valence-corrected chi connectivity index (χ4v) is 5.37. The second-order valence-electron chi connectivity index (χ2n) is 10.8. The first-order valence-electron chi connectivity index (χ1n) is 12.7. The lowest BCUT2D eigenvalue weighted by atomic mass is 9.68. The molecule has 5 nitrogen and oxygen atoms in total. The van der Waals surface area contributed by atoms with Gasteiger partial charge in [-0.25, -0.2) is 0 Å². The second-order valence-corrected chi connectivity index (χ2v) is 10.8. The summed E-state index contributed by atoms with van der Waals surface area (Å²) < 4.78 is 11.5. The highest BCUT2D eigenvalue weighted by atomic mass is 16.6. The van der Waals surface area contributed by atoms with E-state index in [1.54, 1.807) is 19.9 Å². The van der Waals surface area contributed by atoms with E-state index < -0.39 is 0 Å². The lowest BCUT2D eigenvalue weighted by Crippen LogP contribution is -2.33. The van der Waals surface area contributed by atoms with E-state index in [4.69, 9.17) is 9.47 Å². The van der Waals surface area contributed by atoms with Crippen molar-refractivity contribution >= 4 is 33.8 Å². The van der Waals surface area contributed by atoms with Gasteiger partial charge in [0.15, 0.2) is 17.3 Å². The molecule has 1 N–H and O–H groups in total. The number of nitrogens with one attached hydrogen (secondary N) is 1. The van der Waals surface area contributed by atoms with Crippen LogP contribution < -0.4 is 14.8 Å². The monoisotopic (exact) mass is 483 g/mol. The molecule has 5 heteroatoms. The normalized spacial score (nSPS) is 18.5. The van der Waals surface area contributed by atoms with E-state index in [0.717, 1.165) is 45.2 Å². The van der Waals surface area contributed by atoms with Crippen LogP contribution in [-0.4, -0.2) is 18.4 Å². The lowest BCUT2D eigenvalue weighted by Gasteiger charge is -2.40. The van der Waals surface area contributed by atoms with E-state index in [9.17, 15) is 9.59 Å². The zero-order valence-electron chi connectivity index (χ0n) is 21.6. The molecule has 0 spiro atoms. The Hall–Kier alpha value is -3.60. The van der Waals surface area contributed by atoms with Gasteiger partial charge < -0.3 is 14.8 Å². The molecule has 0 amide bonds. The van der Waals surface area contributed by atoms with Gasteiger partial charge >= 0.3 is 5.97 Å². The van der Waals surface area contributed by atoms with Crippen molar-refractivity contribution in [1.29, 1.82) is 0 Å². The number of ether oxygens (including phenoxy) is 2. The largest absolute Gasteiger partial charge is 0.490 e. The summed E-state index contributed by atoms with van der Waals surface area (Å²) in [5.74, 6) is 0.509. The average molecular weight is 484 g/mol. The molecule has 0 bridgehead atoms. The minimum atomic E-state index is -0.314. The number of rotatable bonds is 5. The number of anilines is 1. The molecule has 0 fully saturated rings. The van der Waals surface area contributed by atoms with Gasteiger partial charge in [-0.3, -0.25) is 9.59 Å². The Labute approximate surface area is 212 Å². The Kier molecular flexibility index (Phi) is 6.11. The number of carbonyl (C=O) groups is 2. The Balaban J connectivity index is 1.66. The van der Waals surface area contributed by atoms with Crippen molar-refractivity contribution in [2.75, 3.05) is 11.9 Å². The first-order chi connectivity index (χ1) is 17.2. The molecule has 2 aliphatic rings. The highest BCUT2D eigenvalue weighted by Crippen LogP contribution is 2.52. The van der Waals surface area contributed by atoms with Crippen molar-refractivity contribution in [3.63, 3.8) is 0 Å². The number of hydrogen-bond donors (Lipinski definition) is 1. The van der Waals surface area contributed by atoms with Crippen LogP contribution in [0.15, 0.2) is 60.2 Å². The standard InChI is InChI=1S/C31H33NO4/c1-6-35-26-15-20(12-14-25(26)36-30(34)18(2)3)29-28-22(16-31(4,5)17-24(28)33)27-21-10-8-7-9-19(21)11-13-23(27)32-29/h7-15,18,29,32H,6,16-17H2,1-5H3. The molecule has 0 saturated heterocycles. The van der Waals surface area contributed by atoms with Crippen LogP contribution >= 0.6 is 0 Å². The van der Waals surface area contributed by atoms with Gasteiger partial charge in [0, 0.05) is 23.2 Å². The fourth-order valence-electron chi connectivity index (χ4n) is 5.37. The van der Waals surface area contributed by atoms with E-state index in [1.807, 2.05) is 25.1 Å². The molecular weight excluding hydrogens is 450 g/mol. The summed E-state index contributed by atoms with van der Waals surface area (Å²) in [4.78, 5) is 25.9. The maximum absolute atomic E-state index is 13.7. The average Bonchev–Trinajstić information content (AvgIpc) is 2.83. The van der Waals surface area contributed by atoms with Crippen molar-refractivity contribution in [2.45, 2.75) is 53.5 Å². The zero-order valence-corrected chi connectivity index (χ0v) is 21.6. The SMILES string of the molecule is CCOc1cc(C2Nc3ccc4ccccc4c3C3=C2C(=O)CC(C)(C)C3)ccc1OC(=O)C(C)C. The maximum Gasteiger partial charge on any atom is 0.313 e. The number of Topliss-reactive ketones (excluding diaryl/α,β-unsaturated/α-hetero) is 1. The summed E-state index contributed by atoms with van der Waals surface area (Å²) in [6.45, 7) is 10.3. The second kappa shape index (κ2) is 9.12. The molecule has 36 heavy (non-hydrogen) atoms. The quantitative estimate of drug-likeness (QED) is 0.309. The van der Waals surface area contributed by atoms with Gasteiger partial charge in [0.1, 0.15) is 0 Å². The van der Waals surface area contributed by atoms with Crippen molar-refractivity contribution in [2.24, 2.45) is 11.3 Å². The highest BCUT2D eigenvalue weighted by molar-refractivity contribution is 6.12. The van der Waals surface area contributed by atoms with E-state index in [0.29, 0.717) is 24.5 Å². The molecule has 0 radical (unpaired) electrons.